The molecule has 0 unspecified atom stereocenters. The van der Waals surface area contributed by atoms with Gasteiger partial charge in [0.15, 0.2) is 6.10 Å². The number of carbonyl (C=O) groups excluding carboxylic acids is 1. The van der Waals surface area contributed by atoms with Crippen LogP contribution in [0, 0.1) is 0 Å². The highest BCUT2D eigenvalue weighted by atomic mass is 16.5. The van der Waals surface area contributed by atoms with Crippen molar-refractivity contribution in [2.75, 3.05) is 46.5 Å². The molecular weight excluding hydrogens is 308 g/mol. The van der Waals surface area contributed by atoms with E-state index in [9.17, 15) is 4.79 Å². The summed E-state index contributed by atoms with van der Waals surface area (Å²) in [7, 11) is 1.62. The Morgan fingerprint density at radius 2 is 1.92 bits per heavy atom. The highest BCUT2D eigenvalue weighted by Crippen LogP contribution is 2.18. The first kappa shape index (κ1) is 18.5. The maximum absolute atomic E-state index is 12.3. The van der Waals surface area contributed by atoms with Gasteiger partial charge in [0.25, 0.3) is 5.91 Å². The summed E-state index contributed by atoms with van der Waals surface area (Å²) in [5.74, 6) is 1.38. The lowest BCUT2D eigenvalue weighted by Crippen LogP contribution is -2.41. The number of ether oxygens (including phenoxy) is 3. The van der Waals surface area contributed by atoms with Crippen LogP contribution < -0.4 is 14.8 Å². The molecule has 134 valence electrons. The van der Waals surface area contributed by atoms with E-state index in [-0.39, 0.29) is 5.91 Å². The van der Waals surface area contributed by atoms with Gasteiger partial charge in [-0.15, -0.1) is 0 Å². The van der Waals surface area contributed by atoms with E-state index in [2.05, 4.69) is 10.2 Å². The lowest BCUT2D eigenvalue weighted by molar-refractivity contribution is -0.128. The molecule has 6 nitrogen and oxygen atoms in total. The Kier molecular flexibility index (Phi) is 7.85. The van der Waals surface area contributed by atoms with Gasteiger partial charge in [0.1, 0.15) is 11.5 Å². The fourth-order valence-electron chi connectivity index (χ4n) is 2.59. The number of morpholine rings is 1. The SMILES string of the molecule is CC[C@@H](Oc1ccc(OC)cc1)C(=O)NCCCN1CCOCC1. The first-order chi connectivity index (χ1) is 11.7. The van der Waals surface area contributed by atoms with Crippen LogP contribution in [0.15, 0.2) is 24.3 Å². The van der Waals surface area contributed by atoms with Crippen LogP contribution >= 0.6 is 0 Å². The van der Waals surface area contributed by atoms with Gasteiger partial charge in [0.05, 0.1) is 20.3 Å². The number of methoxy groups -OCH3 is 1. The minimum atomic E-state index is -0.471. The van der Waals surface area contributed by atoms with Crippen LogP contribution in [0.25, 0.3) is 0 Å². The number of hydrogen-bond acceptors (Lipinski definition) is 5. The van der Waals surface area contributed by atoms with Crippen LogP contribution in [-0.2, 0) is 9.53 Å². The topological polar surface area (TPSA) is 60.0 Å². The maximum atomic E-state index is 12.3. The molecule has 6 heteroatoms. The highest BCUT2D eigenvalue weighted by Gasteiger charge is 2.18. The van der Waals surface area contributed by atoms with Crippen molar-refractivity contribution in [1.29, 1.82) is 0 Å². The molecule has 1 aromatic rings. The zero-order valence-corrected chi connectivity index (χ0v) is 14.6. The van der Waals surface area contributed by atoms with Crippen LogP contribution in [0.3, 0.4) is 0 Å². The van der Waals surface area contributed by atoms with E-state index in [1.54, 1.807) is 7.11 Å². The number of nitrogens with zero attached hydrogens (tertiary/aromatic N) is 1. The Morgan fingerprint density at radius 1 is 1.25 bits per heavy atom. The van der Waals surface area contributed by atoms with Gasteiger partial charge in [0, 0.05) is 19.6 Å². The van der Waals surface area contributed by atoms with Gasteiger partial charge in [-0.3, -0.25) is 9.69 Å². The minimum Gasteiger partial charge on any atom is -0.497 e. The normalized spacial score (nSPS) is 16.4. The number of benzene rings is 1. The second-order valence-electron chi connectivity index (χ2n) is 5.79. The van der Waals surface area contributed by atoms with Gasteiger partial charge in [-0.2, -0.15) is 0 Å². The molecule has 0 aromatic heterocycles. The highest BCUT2D eigenvalue weighted by molar-refractivity contribution is 5.81. The van der Waals surface area contributed by atoms with Crippen LogP contribution in [0.5, 0.6) is 11.5 Å². The molecule has 1 atom stereocenters. The Morgan fingerprint density at radius 3 is 2.54 bits per heavy atom. The molecule has 1 aromatic carbocycles. The Hall–Kier alpha value is -1.79. The molecule has 1 aliphatic rings. The average molecular weight is 336 g/mol. The third-order valence-corrected chi connectivity index (χ3v) is 4.06. The summed E-state index contributed by atoms with van der Waals surface area (Å²) in [5, 5.41) is 2.97. The van der Waals surface area contributed by atoms with Gasteiger partial charge >= 0.3 is 0 Å². The third kappa shape index (κ3) is 6.02. The van der Waals surface area contributed by atoms with Gasteiger partial charge in [-0.1, -0.05) is 6.92 Å². The standard InChI is InChI=1S/C18H28N2O4/c1-3-17(24-16-7-5-15(22-2)6-8-16)18(21)19-9-4-10-20-11-13-23-14-12-20/h5-8,17H,3-4,9-14H2,1-2H3,(H,19,21)/t17-/m1/s1. The van der Waals surface area contributed by atoms with E-state index in [1.807, 2.05) is 31.2 Å². The number of rotatable bonds is 9. The fraction of sp³-hybridized carbons (Fsp3) is 0.611. The predicted octanol–water partition coefficient (Wildman–Crippen LogP) is 1.69. The summed E-state index contributed by atoms with van der Waals surface area (Å²) in [4.78, 5) is 14.6. The third-order valence-electron chi connectivity index (χ3n) is 4.06. The summed E-state index contributed by atoms with van der Waals surface area (Å²) >= 11 is 0. The number of carbonyl (C=O) groups is 1. The molecule has 0 saturated carbocycles. The molecule has 0 bridgehead atoms. The number of hydrogen-bond donors (Lipinski definition) is 1. The molecule has 0 spiro atoms. The Balaban J connectivity index is 1.69. The van der Waals surface area contributed by atoms with Crippen molar-refractivity contribution in [3.8, 4) is 11.5 Å². The van der Waals surface area contributed by atoms with Gasteiger partial charge in [0.2, 0.25) is 0 Å². The lowest BCUT2D eigenvalue weighted by atomic mass is 10.2. The second kappa shape index (κ2) is 10.2. The smallest absolute Gasteiger partial charge is 0.261 e. The van der Waals surface area contributed by atoms with Gasteiger partial charge in [-0.25, -0.2) is 0 Å². The summed E-state index contributed by atoms with van der Waals surface area (Å²) < 4.78 is 16.2. The van der Waals surface area contributed by atoms with Gasteiger partial charge < -0.3 is 19.5 Å². The molecule has 24 heavy (non-hydrogen) atoms. The largest absolute Gasteiger partial charge is 0.497 e. The van der Waals surface area contributed by atoms with Crippen LogP contribution in [0.1, 0.15) is 19.8 Å². The zero-order valence-electron chi connectivity index (χ0n) is 14.6. The van der Waals surface area contributed by atoms with E-state index in [0.717, 1.165) is 45.0 Å². The number of nitrogens with one attached hydrogen (secondary N) is 1. The van der Waals surface area contributed by atoms with E-state index in [0.29, 0.717) is 18.7 Å². The average Bonchev–Trinajstić information content (AvgIpc) is 2.64. The van der Waals surface area contributed by atoms with Crippen molar-refractivity contribution >= 4 is 5.91 Å². The first-order valence-electron chi connectivity index (χ1n) is 8.61. The maximum Gasteiger partial charge on any atom is 0.261 e. The van der Waals surface area contributed by atoms with Crippen LogP contribution in [0.2, 0.25) is 0 Å². The molecule has 0 aliphatic carbocycles. The monoisotopic (exact) mass is 336 g/mol. The molecule has 1 saturated heterocycles. The minimum absolute atomic E-state index is 0.0599. The fourth-order valence-corrected chi connectivity index (χ4v) is 2.59. The van der Waals surface area contributed by atoms with E-state index < -0.39 is 6.10 Å². The molecule has 1 heterocycles. The van der Waals surface area contributed by atoms with E-state index >= 15 is 0 Å². The van der Waals surface area contributed by atoms with Crippen LogP contribution in [-0.4, -0.2) is 63.4 Å². The Labute approximate surface area is 144 Å². The summed E-state index contributed by atoms with van der Waals surface area (Å²) in [6.07, 6.45) is 1.09. The van der Waals surface area contributed by atoms with Crippen molar-refractivity contribution in [2.24, 2.45) is 0 Å². The van der Waals surface area contributed by atoms with Crippen molar-refractivity contribution in [3.63, 3.8) is 0 Å². The molecule has 1 fully saturated rings. The summed E-state index contributed by atoms with van der Waals surface area (Å²) in [5.41, 5.74) is 0. The van der Waals surface area contributed by atoms with Crippen molar-refractivity contribution < 1.29 is 19.0 Å². The predicted molar refractivity (Wildman–Crippen MR) is 92.6 cm³/mol. The zero-order chi connectivity index (χ0) is 17.2. The molecular formula is C18H28N2O4. The summed E-state index contributed by atoms with van der Waals surface area (Å²) in [6, 6.07) is 7.27. The molecule has 1 aliphatic heterocycles. The number of amides is 1. The van der Waals surface area contributed by atoms with E-state index in [4.69, 9.17) is 14.2 Å². The summed E-state index contributed by atoms with van der Waals surface area (Å²) in [6.45, 7) is 7.16. The molecule has 0 radical (unpaired) electrons. The first-order valence-corrected chi connectivity index (χ1v) is 8.61. The molecule has 1 amide bonds. The van der Waals surface area contributed by atoms with Crippen molar-refractivity contribution in [2.45, 2.75) is 25.9 Å². The Bertz CT molecular complexity index is 486. The van der Waals surface area contributed by atoms with Crippen molar-refractivity contribution in [3.05, 3.63) is 24.3 Å². The molecule has 1 N–H and O–H groups in total. The van der Waals surface area contributed by atoms with E-state index in [1.165, 1.54) is 0 Å². The lowest BCUT2D eigenvalue weighted by Gasteiger charge is -2.26. The van der Waals surface area contributed by atoms with Gasteiger partial charge in [-0.05, 0) is 43.7 Å². The van der Waals surface area contributed by atoms with Crippen molar-refractivity contribution in [1.82, 2.24) is 10.2 Å². The molecule has 2 rings (SSSR count). The second-order valence-corrected chi connectivity index (χ2v) is 5.79. The quantitative estimate of drug-likeness (QED) is 0.696. The van der Waals surface area contributed by atoms with Crippen LogP contribution in [0.4, 0.5) is 0 Å².